The molecule has 2 aromatic rings. The van der Waals surface area contributed by atoms with E-state index in [0.29, 0.717) is 16.3 Å². The number of carbonyl (C=O) groups is 2. The van der Waals surface area contributed by atoms with Gasteiger partial charge in [-0.25, -0.2) is 0 Å². The van der Waals surface area contributed by atoms with Crippen LogP contribution in [0.1, 0.15) is 15.9 Å². The molecule has 0 saturated heterocycles. The molecule has 2 rings (SSSR count). The van der Waals surface area contributed by atoms with Crippen LogP contribution >= 0.6 is 23.2 Å². The number of rotatable bonds is 5. The number of halogens is 2. The molecular weight excluding hydrogens is 381 g/mol. The van der Waals surface area contributed by atoms with Gasteiger partial charge in [-0.2, -0.15) is 0 Å². The van der Waals surface area contributed by atoms with Gasteiger partial charge in [-0.05, 0) is 31.2 Å². The van der Waals surface area contributed by atoms with Gasteiger partial charge in [0.25, 0.3) is 11.6 Å². The molecule has 1 N–H and O–H groups in total. The molecule has 136 valence electrons. The predicted molar refractivity (Wildman–Crippen MR) is 99.9 cm³/mol. The van der Waals surface area contributed by atoms with Crippen LogP contribution < -0.4 is 5.32 Å². The normalized spacial score (nSPS) is 10.3. The number of nitro benzene ring substituents is 1. The SMILES string of the molecule is Cc1cccc(C(=O)N(C)CC(=O)Nc2ccc(Cl)c(Cl)c2)c1[N+](=O)[O-]. The molecule has 0 atom stereocenters. The highest BCUT2D eigenvalue weighted by atomic mass is 35.5. The van der Waals surface area contributed by atoms with E-state index in [0.717, 1.165) is 4.90 Å². The van der Waals surface area contributed by atoms with E-state index in [1.807, 2.05) is 0 Å². The van der Waals surface area contributed by atoms with Crippen molar-refractivity contribution in [3.8, 4) is 0 Å². The lowest BCUT2D eigenvalue weighted by molar-refractivity contribution is -0.385. The molecule has 9 heteroatoms. The zero-order chi connectivity index (χ0) is 19.4. The summed E-state index contributed by atoms with van der Waals surface area (Å²) in [4.78, 5) is 36.4. The number of para-hydroxylation sites is 1. The maximum atomic E-state index is 12.5. The van der Waals surface area contributed by atoms with Gasteiger partial charge < -0.3 is 10.2 Å². The van der Waals surface area contributed by atoms with Gasteiger partial charge in [0.1, 0.15) is 5.56 Å². The molecule has 26 heavy (non-hydrogen) atoms. The Hall–Kier alpha value is -2.64. The minimum atomic E-state index is -0.621. The van der Waals surface area contributed by atoms with Gasteiger partial charge in [-0.15, -0.1) is 0 Å². The van der Waals surface area contributed by atoms with Crippen LogP contribution in [0, 0.1) is 17.0 Å². The van der Waals surface area contributed by atoms with E-state index in [-0.39, 0.29) is 22.8 Å². The van der Waals surface area contributed by atoms with E-state index in [9.17, 15) is 19.7 Å². The van der Waals surface area contributed by atoms with Crippen molar-refractivity contribution in [3.05, 3.63) is 67.7 Å². The van der Waals surface area contributed by atoms with Crippen molar-refractivity contribution in [2.24, 2.45) is 0 Å². The summed E-state index contributed by atoms with van der Waals surface area (Å²) >= 11 is 11.7. The first-order chi connectivity index (χ1) is 12.2. The first kappa shape index (κ1) is 19.7. The molecule has 0 fully saturated rings. The topological polar surface area (TPSA) is 92.6 Å². The molecule has 0 spiro atoms. The van der Waals surface area contributed by atoms with Gasteiger partial charge in [-0.3, -0.25) is 19.7 Å². The molecule has 0 aliphatic rings. The van der Waals surface area contributed by atoms with Crippen LogP contribution in [-0.2, 0) is 4.79 Å². The summed E-state index contributed by atoms with van der Waals surface area (Å²) in [5.41, 5.74) is 0.454. The van der Waals surface area contributed by atoms with Crippen molar-refractivity contribution < 1.29 is 14.5 Å². The Balaban J connectivity index is 2.12. The van der Waals surface area contributed by atoms with Gasteiger partial charge in [-0.1, -0.05) is 35.3 Å². The fourth-order valence-corrected chi connectivity index (χ4v) is 2.64. The molecule has 0 aromatic heterocycles. The first-order valence-electron chi connectivity index (χ1n) is 7.45. The number of amides is 2. The van der Waals surface area contributed by atoms with Crippen molar-refractivity contribution in [1.29, 1.82) is 0 Å². The third kappa shape index (κ3) is 4.50. The van der Waals surface area contributed by atoms with E-state index < -0.39 is 16.7 Å². The van der Waals surface area contributed by atoms with Crippen LogP contribution in [0.5, 0.6) is 0 Å². The predicted octanol–water partition coefficient (Wildman–Crippen LogP) is 3.92. The molecule has 0 radical (unpaired) electrons. The number of benzene rings is 2. The third-order valence-corrected chi connectivity index (χ3v) is 4.32. The zero-order valence-corrected chi connectivity index (χ0v) is 15.5. The summed E-state index contributed by atoms with van der Waals surface area (Å²) in [7, 11) is 1.39. The highest BCUT2D eigenvalue weighted by Gasteiger charge is 2.25. The van der Waals surface area contributed by atoms with E-state index in [1.54, 1.807) is 25.1 Å². The van der Waals surface area contributed by atoms with Gasteiger partial charge in [0.2, 0.25) is 5.91 Å². The van der Waals surface area contributed by atoms with Crippen molar-refractivity contribution in [2.45, 2.75) is 6.92 Å². The van der Waals surface area contributed by atoms with Crippen LogP contribution in [0.3, 0.4) is 0 Å². The average Bonchev–Trinajstić information content (AvgIpc) is 2.56. The first-order valence-corrected chi connectivity index (χ1v) is 8.20. The Bertz CT molecular complexity index is 886. The molecule has 7 nitrogen and oxygen atoms in total. The lowest BCUT2D eigenvalue weighted by Crippen LogP contribution is -2.35. The molecule has 0 aliphatic heterocycles. The largest absolute Gasteiger partial charge is 0.332 e. The highest BCUT2D eigenvalue weighted by Crippen LogP contribution is 2.26. The Morgan fingerprint density at radius 1 is 1.19 bits per heavy atom. The smallest absolute Gasteiger partial charge is 0.285 e. The molecule has 0 heterocycles. The van der Waals surface area contributed by atoms with Crippen molar-refractivity contribution in [3.63, 3.8) is 0 Å². The van der Waals surface area contributed by atoms with Gasteiger partial charge in [0.15, 0.2) is 0 Å². The second kappa shape index (κ2) is 8.16. The summed E-state index contributed by atoms with van der Waals surface area (Å²) in [6.45, 7) is 1.26. The summed E-state index contributed by atoms with van der Waals surface area (Å²) < 4.78 is 0. The molecule has 2 amide bonds. The fourth-order valence-electron chi connectivity index (χ4n) is 2.34. The third-order valence-electron chi connectivity index (χ3n) is 3.58. The maximum Gasteiger partial charge on any atom is 0.285 e. The number of nitro groups is 1. The molecular formula is C17H15Cl2N3O4. The van der Waals surface area contributed by atoms with Gasteiger partial charge in [0.05, 0.1) is 21.5 Å². The number of hydrogen-bond acceptors (Lipinski definition) is 4. The molecule has 0 saturated carbocycles. The van der Waals surface area contributed by atoms with E-state index in [1.165, 1.54) is 25.2 Å². The number of carbonyl (C=O) groups excluding carboxylic acids is 2. The van der Waals surface area contributed by atoms with Crippen LogP contribution in [-0.4, -0.2) is 35.2 Å². The highest BCUT2D eigenvalue weighted by molar-refractivity contribution is 6.42. The zero-order valence-electron chi connectivity index (χ0n) is 14.0. The summed E-state index contributed by atoms with van der Waals surface area (Å²) in [6.07, 6.45) is 0. The number of likely N-dealkylation sites (N-methyl/N-ethyl adjacent to an activating group) is 1. The van der Waals surface area contributed by atoms with E-state index >= 15 is 0 Å². The standard InChI is InChI=1S/C17H15Cl2N3O4/c1-10-4-3-5-12(16(10)22(25)26)17(24)21(2)9-15(23)20-11-6-7-13(18)14(19)8-11/h3-8H,9H2,1-2H3,(H,20,23). The average molecular weight is 396 g/mol. The van der Waals surface area contributed by atoms with Crippen molar-refractivity contribution in [2.75, 3.05) is 18.9 Å². The number of nitrogens with one attached hydrogen (secondary N) is 1. The van der Waals surface area contributed by atoms with Crippen molar-refractivity contribution in [1.82, 2.24) is 4.90 Å². The quantitative estimate of drug-likeness (QED) is 0.613. The number of hydrogen-bond donors (Lipinski definition) is 1. The van der Waals surface area contributed by atoms with Gasteiger partial charge >= 0.3 is 0 Å². The number of anilines is 1. The molecule has 2 aromatic carbocycles. The Kier molecular flexibility index (Phi) is 6.18. The van der Waals surface area contributed by atoms with E-state index in [4.69, 9.17) is 23.2 Å². The van der Waals surface area contributed by atoms with Crippen LogP contribution in [0.15, 0.2) is 36.4 Å². The minimum Gasteiger partial charge on any atom is -0.332 e. The molecule has 0 aliphatic carbocycles. The second-order valence-electron chi connectivity index (χ2n) is 5.57. The lowest BCUT2D eigenvalue weighted by atomic mass is 10.1. The lowest BCUT2D eigenvalue weighted by Gasteiger charge is -2.17. The van der Waals surface area contributed by atoms with Gasteiger partial charge in [0, 0.05) is 18.3 Å². The number of aryl methyl sites for hydroxylation is 1. The van der Waals surface area contributed by atoms with Crippen LogP contribution in [0.25, 0.3) is 0 Å². The Morgan fingerprint density at radius 2 is 1.88 bits per heavy atom. The summed E-state index contributed by atoms with van der Waals surface area (Å²) in [6, 6.07) is 9.05. The number of nitrogens with zero attached hydrogens (tertiary/aromatic N) is 2. The van der Waals surface area contributed by atoms with Crippen molar-refractivity contribution >= 4 is 46.4 Å². The second-order valence-corrected chi connectivity index (χ2v) is 6.38. The minimum absolute atomic E-state index is 0.0696. The van der Waals surface area contributed by atoms with Crippen LogP contribution in [0.2, 0.25) is 10.0 Å². The molecule has 0 bridgehead atoms. The maximum absolute atomic E-state index is 12.5. The Morgan fingerprint density at radius 3 is 2.50 bits per heavy atom. The molecule has 0 unspecified atom stereocenters. The van der Waals surface area contributed by atoms with Crippen LogP contribution in [0.4, 0.5) is 11.4 Å². The summed E-state index contributed by atoms with van der Waals surface area (Å²) in [5.74, 6) is -1.10. The monoisotopic (exact) mass is 395 g/mol. The van der Waals surface area contributed by atoms with E-state index in [2.05, 4.69) is 5.32 Å². The Labute approximate surface area is 159 Å². The summed E-state index contributed by atoms with van der Waals surface area (Å²) in [5, 5.41) is 14.4. The fraction of sp³-hybridized carbons (Fsp3) is 0.176.